The highest BCUT2D eigenvalue weighted by Gasteiger charge is 2.35. The monoisotopic (exact) mass is 551 g/mol. The fourth-order valence-electron chi connectivity index (χ4n) is 5.21. The molecule has 3 aromatic heterocycles. The van der Waals surface area contributed by atoms with Gasteiger partial charge in [-0.2, -0.15) is 4.80 Å². The van der Waals surface area contributed by atoms with Crippen molar-refractivity contribution >= 4 is 28.4 Å². The van der Waals surface area contributed by atoms with E-state index in [1.165, 1.54) is 21.8 Å². The molecule has 5 aromatic rings. The molecule has 1 saturated carbocycles. The van der Waals surface area contributed by atoms with Gasteiger partial charge >= 0.3 is 0 Å². The molecule has 1 aliphatic rings. The van der Waals surface area contributed by atoms with Gasteiger partial charge in [-0.15, -0.1) is 10.2 Å². The molecule has 0 saturated heterocycles. The first-order chi connectivity index (χ1) is 19.9. The molecule has 11 heteroatoms. The summed E-state index contributed by atoms with van der Waals surface area (Å²) in [6, 6.07) is 18.2. The van der Waals surface area contributed by atoms with Gasteiger partial charge in [0.05, 0.1) is 17.4 Å². The number of nitrogens with zero attached hydrogens (tertiary/aromatic N) is 6. The van der Waals surface area contributed by atoms with Crippen LogP contribution >= 0.6 is 0 Å². The number of anilines is 1. The van der Waals surface area contributed by atoms with Gasteiger partial charge in [-0.3, -0.25) is 19.5 Å². The number of tetrazole rings is 1. The van der Waals surface area contributed by atoms with Crippen molar-refractivity contribution in [1.29, 1.82) is 0 Å². The van der Waals surface area contributed by atoms with Crippen LogP contribution in [0, 0.1) is 6.92 Å². The second kappa shape index (κ2) is 11.2. The summed E-state index contributed by atoms with van der Waals surface area (Å²) >= 11 is 0. The van der Waals surface area contributed by atoms with Gasteiger partial charge in [-0.25, -0.2) is 0 Å². The fraction of sp³-hybridized carbons (Fsp3) is 0.267. The average molecular weight is 552 g/mol. The topological polar surface area (TPSA) is 139 Å². The molecule has 208 valence electrons. The van der Waals surface area contributed by atoms with Gasteiger partial charge in [0.15, 0.2) is 5.76 Å². The van der Waals surface area contributed by atoms with Gasteiger partial charge in [0.25, 0.3) is 5.91 Å². The molecule has 1 atom stereocenters. The molecule has 0 aliphatic heterocycles. The maximum Gasteiger partial charge on any atom is 0.251 e. The molecule has 11 nitrogen and oxygen atoms in total. The van der Waals surface area contributed by atoms with Crippen LogP contribution in [0.25, 0.3) is 22.5 Å². The van der Waals surface area contributed by atoms with Gasteiger partial charge in [0.1, 0.15) is 24.1 Å². The summed E-state index contributed by atoms with van der Waals surface area (Å²) in [5, 5.41) is 26.4. The van der Waals surface area contributed by atoms with Crippen molar-refractivity contribution in [3.05, 3.63) is 84.3 Å². The molecule has 0 unspecified atom stereocenters. The molecule has 1 aliphatic carbocycles. The molecule has 2 amide bonds. The smallest absolute Gasteiger partial charge is 0.251 e. The number of fused-ring (bicyclic) bond motifs is 1. The van der Waals surface area contributed by atoms with Crippen molar-refractivity contribution in [2.75, 3.05) is 4.90 Å². The van der Waals surface area contributed by atoms with Crippen LogP contribution in [0.3, 0.4) is 0 Å². The minimum Gasteiger partial charge on any atom is -0.508 e. The number of para-hydroxylation sites is 1. The number of aromatic hydroxyl groups is 1. The van der Waals surface area contributed by atoms with Crippen LogP contribution < -0.4 is 10.2 Å². The standard InChI is InChI=1S/C30H29N7O4/c1-19-10-15-26(41-19)29-33-35-36(34-29)18-27(39)37(23-16-21-6-2-5-9-25(21)31-17-23)28(20-11-13-24(38)14-12-20)30(40)32-22-7-3-4-8-22/h2,5-6,9-17,22,28,38H,3-4,7-8,18H2,1H3,(H,32,40)/t28-/m1/s1. The Morgan fingerprint density at radius 3 is 2.63 bits per heavy atom. The average Bonchev–Trinajstić information content (AvgIpc) is 3.75. The van der Waals surface area contributed by atoms with Crippen LogP contribution in [0.5, 0.6) is 5.75 Å². The lowest BCUT2D eigenvalue weighted by Gasteiger charge is -2.32. The van der Waals surface area contributed by atoms with Crippen LogP contribution in [0.15, 0.2) is 77.3 Å². The number of nitrogens with one attached hydrogen (secondary N) is 1. The lowest BCUT2D eigenvalue weighted by atomic mass is 10.0. The number of phenols is 1. The normalized spacial score (nSPS) is 14.3. The van der Waals surface area contributed by atoms with E-state index in [-0.39, 0.29) is 30.1 Å². The van der Waals surface area contributed by atoms with Crippen LogP contribution in [-0.4, -0.2) is 48.2 Å². The van der Waals surface area contributed by atoms with Crippen molar-refractivity contribution < 1.29 is 19.1 Å². The Bertz CT molecular complexity index is 1690. The molecule has 0 radical (unpaired) electrons. The van der Waals surface area contributed by atoms with Gasteiger partial charge in [0, 0.05) is 11.4 Å². The number of carbonyl (C=O) groups excluding carboxylic acids is 2. The molecular formula is C30H29N7O4. The third kappa shape index (κ3) is 5.65. The predicted octanol–water partition coefficient (Wildman–Crippen LogP) is 4.33. The number of rotatable bonds is 8. The van der Waals surface area contributed by atoms with E-state index in [0.717, 1.165) is 36.6 Å². The number of benzene rings is 2. The Balaban J connectivity index is 1.40. The van der Waals surface area contributed by atoms with Crippen molar-refractivity contribution in [2.24, 2.45) is 0 Å². The van der Waals surface area contributed by atoms with E-state index in [2.05, 4.69) is 25.7 Å². The molecule has 3 heterocycles. The molecule has 2 aromatic carbocycles. The lowest BCUT2D eigenvalue weighted by Crippen LogP contribution is -2.47. The van der Waals surface area contributed by atoms with Crippen LogP contribution in [0.2, 0.25) is 0 Å². The Kier molecular flexibility index (Phi) is 7.15. The molecular weight excluding hydrogens is 522 g/mol. The zero-order valence-electron chi connectivity index (χ0n) is 22.5. The first-order valence-corrected chi connectivity index (χ1v) is 13.6. The quantitative estimate of drug-likeness (QED) is 0.291. The SMILES string of the molecule is Cc1ccc(-c2nnn(CC(=O)N(c3cnc4ccccc4c3)[C@@H](C(=O)NC3CCCC3)c3ccc(O)cc3)n2)o1. The first kappa shape index (κ1) is 26.2. The predicted molar refractivity (Wildman–Crippen MR) is 151 cm³/mol. The van der Waals surface area contributed by atoms with Crippen LogP contribution in [0.4, 0.5) is 5.69 Å². The Hall–Kier alpha value is -5.06. The minimum absolute atomic E-state index is 0.0325. The number of hydrogen-bond donors (Lipinski definition) is 2. The summed E-state index contributed by atoms with van der Waals surface area (Å²) < 4.78 is 5.59. The summed E-state index contributed by atoms with van der Waals surface area (Å²) in [6.45, 7) is 1.53. The van der Waals surface area contributed by atoms with E-state index in [9.17, 15) is 14.7 Å². The van der Waals surface area contributed by atoms with E-state index >= 15 is 0 Å². The maximum absolute atomic E-state index is 14.1. The zero-order chi connectivity index (χ0) is 28.3. The Morgan fingerprint density at radius 1 is 1.10 bits per heavy atom. The number of amides is 2. The first-order valence-electron chi connectivity index (χ1n) is 13.6. The molecule has 41 heavy (non-hydrogen) atoms. The summed E-state index contributed by atoms with van der Waals surface area (Å²) in [6.07, 6.45) is 5.44. The van der Waals surface area contributed by atoms with Crippen LogP contribution in [0.1, 0.15) is 43.0 Å². The van der Waals surface area contributed by atoms with Crippen molar-refractivity contribution in [2.45, 2.75) is 51.2 Å². The molecule has 0 bridgehead atoms. The third-order valence-corrected chi connectivity index (χ3v) is 7.23. The van der Waals surface area contributed by atoms with Gasteiger partial charge < -0.3 is 14.8 Å². The van der Waals surface area contributed by atoms with Gasteiger partial charge in [0.2, 0.25) is 11.7 Å². The Labute approximate surface area is 235 Å². The second-order valence-corrected chi connectivity index (χ2v) is 10.2. The highest BCUT2D eigenvalue weighted by Crippen LogP contribution is 2.32. The summed E-state index contributed by atoms with van der Waals surface area (Å²) in [5.74, 6) is 0.686. The number of pyridine rings is 1. The Morgan fingerprint density at radius 2 is 1.88 bits per heavy atom. The van der Waals surface area contributed by atoms with Crippen molar-refractivity contribution in [3.8, 4) is 17.3 Å². The minimum atomic E-state index is -1.04. The number of aromatic nitrogens is 5. The summed E-state index contributed by atoms with van der Waals surface area (Å²) in [4.78, 5) is 35.3. The third-order valence-electron chi connectivity index (χ3n) is 7.23. The van der Waals surface area contributed by atoms with Gasteiger partial charge in [-0.05, 0) is 66.9 Å². The van der Waals surface area contributed by atoms with E-state index in [1.54, 1.807) is 30.5 Å². The molecule has 6 rings (SSSR count). The second-order valence-electron chi connectivity index (χ2n) is 10.2. The fourth-order valence-corrected chi connectivity index (χ4v) is 5.21. The summed E-state index contributed by atoms with van der Waals surface area (Å²) in [7, 11) is 0. The number of furan rings is 1. The highest BCUT2D eigenvalue weighted by molar-refractivity contribution is 6.02. The molecule has 2 N–H and O–H groups in total. The highest BCUT2D eigenvalue weighted by atomic mass is 16.3. The van der Waals surface area contributed by atoms with Gasteiger partial charge in [-0.1, -0.05) is 43.2 Å². The van der Waals surface area contributed by atoms with Crippen molar-refractivity contribution in [1.82, 2.24) is 30.5 Å². The zero-order valence-corrected chi connectivity index (χ0v) is 22.5. The largest absolute Gasteiger partial charge is 0.508 e. The lowest BCUT2D eigenvalue weighted by molar-refractivity contribution is -0.127. The van der Waals surface area contributed by atoms with E-state index in [0.29, 0.717) is 22.8 Å². The summed E-state index contributed by atoms with van der Waals surface area (Å²) in [5.41, 5.74) is 1.74. The maximum atomic E-state index is 14.1. The molecule has 0 spiro atoms. The number of phenolic OH excluding ortho intramolecular Hbond substituents is 1. The van der Waals surface area contributed by atoms with Crippen LogP contribution in [-0.2, 0) is 16.1 Å². The van der Waals surface area contributed by atoms with E-state index in [1.807, 2.05) is 37.3 Å². The van der Waals surface area contributed by atoms with Crippen molar-refractivity contribution in [3.63, 3.8) is 0 Å². The van der Waals surface area contributed by atoms with E-state index in [4.69, 9.17) is 4.42 Å². The number of hydrogen-bond acceptors (Lipinski definition) is 8. The number of aryl methyl sites for hydroxylation is 1. The van der Waals surface area contributed by atoms with E-state index < -0.39 is 11.9 Å². The number of carbonyl (C=O) groups is 2. The molecule has 1 fully saturated rings.